The van der Waals surface area contributed by atoms with Crippen LogP contribution < -0.4 is 0 Å². The van der Waals surface area contributed by atoms with E-state index >= 15 is 0 Å². The highest BCUT2D eigenvalue weighted by Gasteiger charge is 2.47. The first-order valence-corrected chi connectivity index (χ1v) is 11.0. The van der Waals surface area contributed by atoms with Crippen LogP contribution in [0.25, 0.3) is 33.4 Å². The van der Waals surface area contributed by atoms with Crippen molar-refractivity contribution >= 4 is 10.9 Å². The molecule has 6 rings (SSSR count). The molecule has 30 heavy (non-hydrogen) atoms. The zero-order chi connectivity index (χ0) is 20.3. The maximum absolute atomic E-state index is 13.5. The van der Waals surface area contributed by atoms with Crippen LogP contribution in [0.2, 0.25) is 0 Å². The summed E-state index contributed by atoms with van der Waals surface area (Å²) in [7, 11) is 0. The molecule has 1 N–H and O–H groups in total. The molecule has 4 heteroatoms. The van der Waals surface area contributed by atoms with Crippen molar-refractivity contribution in [2.45, 2.75) is 45.1 Å². The number of aromatic amines is 1. The van der Waals surface area contributed by atoms with Crippen LogP contribution in [0.4, 0.5) is 4.39 Å². The zero-order valence-electron chi connectivity index (χ0n) is 17.2. The van der Waals surface area contributed by atoms with Crippen molar-refractivity contribution in [2.75, 3.05) is 0 Å². The summed E-state index contributed by atoms with van der Waals surface area (Å²) in [6.07, 6.45) is 10.7. The minimum Gasteiger partial charge on any atom is -0.355 e. The van der Waals surface area contributed by atoms with Crippen molar-refractivity contribution in [3.8, 4) is 22.5 Å². The third-order valence-corrected chi connectivity index (χ3v) is 7.56. The Hall–Kier alpha value is -2.88. The first kappa shape index (κ1) is 17.9. The molecule has 0 saturated heterocycles. The average Bonchev–Trinajstić information content (AvgIpc) is 3.20. The molecule has 2 unspecified atom stereocenters. The number of aromatic nitrogens is 3. The van der Waals surface area contributed by atoms with Crippen LogP contribution in [0.1, 0.15) is 45.1 Å². The number of fused-ring (bicyclic) bond motifs is 1. The SMILES string of the molecule is CC1(C2CCC(n3cncc3-c3ccc(-c4cc5cc(F)ccc5[nH]4)cc3)C2)CC1. The quantitative estimate of drug-likeness (QED) is 0.395. The Bertz CT molecular complexity index is 1210. The van der Waals surface area contributed by atoms with Gasteiger partial charge in [0.25, 0.3) is 0 Å². The van der Waals surface area contributed by atoms with Gasteiger partial charge >= 0.3 is 0 Å². The van der Waals surface area contributed by atoms with Crippen molar-refractivity contribution < 1.29 is 4.39 Å². The number of hydrogen-bond acceptors (Lipinski definition) is 1. The van der Waals surface area contributed by atoms with E-state index in [1.807, 2.05) is 18.6 Å². The van der Waals surface area contributed by atoms with E-state index in [4.69, 9.17) is 0 Å². The Morgan fingerprint density at radius 1 is 1.03 bits per heavy atom. The second-order valence-electron chi connectivity index (χ2n) is 9.50. The van der Waals surface area contributed by atoms with E-state index in [0.29, 0.717) is 11.5 Å². The number of H-pyrrole nitrogens is 1. The fourth-order valence-electron chi connectivity index (χ4n) is 5.35. The van der Waals surface area contributed by atoms with Crippen LogP contribution in [-0.2, 0) is 0 Å². The second-order valence-corrected chi connectivity index (χ2v) is 9.50. The van der Waals surface area contributed by atoms with E-state index in [1.165, 1.54) is 49.4 Å². The van der Waals surface area contributed by atoms with Gasteiger partial charge in [-0.05, 0) is 78.8 Å². The van der Waals surface area contributed by atoms with Crippen molar-refractivity contribution in [3.05, 3.63) is 66.9 Å². The summed E-state index contributed by atoms with van der Waals surface area (Å²) in [5, 5.41) is 0.896. The summed E-state index contributed by atoms with van der Waals surface area (Å²) in [6.45, 7) is 2.46. The molecule has 0 aliphatic heterocycles. The zero-order valence-corrected chi connectivity index (χ0v) is 17.2. The number of nitrogens with one attached hydrogen (secondary N) is 1. The molecule has 0 bridgehead atoms. The summed E-state index contributed by atoms with van der Waals surface area (Å²) in [4.78, 5) is 7.87. The van der Waals surface area contributed by atoms with Gasteiger partial charge in [-0.1, -0.05) is 31.2 Å². The summed E-state index contributed by atoms with van der Waals surface area (Å²) in [5.41, 5.74) is 6.07. The molecular weight excluding hydrogens is 373 g/mol. The number of hydrogen-bond donors (Lipinski definition) is 1. The van der Waals surface area contributed by atoms with Crippen LogP contribution in [0.15, 0.2) is 61.1 Å². The molecule has 0 spiro atoms. The summed E-state index contributed by atoms with van der Waals surface area (Å²) in [5.74, 6) is 0.661. The normalized spacial score (nSPS) is 22.6. The number of rotatable bonds is 4. The van der Waals surface area contributed by atoms with Gasteiger partial charge < -0.3 is 9.55 Å². The first-order valence-electron chi connectivity index (χ1n) is 11.0. The van der Waals surface area contributed by atoms with Crippen molar-refractivity contribution in [1.29, 1.82) is 0 Å². The molecule has 2 aliphatic carbocycles. The van der Waals surface area contributed by atoms with Gasteiger partial charge in [-0.2, -0.15) is 0 Å². The Labute approximate surface area is 176 Å². The summed E-state index contributed by atoms with van der Waals surface area (Å²) >= 11 is 0. The lowest BCUT2D eigenvalue weighted by Crippen LogP contribution is -2.11. The van der Waals surface area contributed by atoms with Gasteiger partial charge in [0.2, 0.25) is 0 Å². The number of nitrogens with zero attached hydrogens (tertiary/aromatic N) is 2. The predicted octanol–water partition coefficient (Wildman–Crippen LogP) is 6.98. The molecule has 152 valence electrons. The van der Waals surface area contributed by atoms with Gasteiger partial charge in [0, 0.05) is 22.6 Å². The molecule has 3 nitrogen and oxygen atoms in total. The molecule has 2 aromatic carbocycles. The molecule has 2 saturated carbocycles. The average molecular weight is 400 g/mol. The van der Waals surface area contributed by atoms with E-state index in [1.54, 1.807) is 12.1 Å². The van der Waals surface area contributed by atoms with Crippen LogP contribution >= 0.6 is 0 Å². The molecule has 2 fully saturated rings. The lowest BCUT2D eigenvalue weighted by atomic mass is 9.89. The minimum absolute atomic E-state index is 0.207. The summed E-state index contributed by atoms with van der Waals surface area (Å²) in [6, 6.07) is 16.0. The molecule has 2 aromatic heterocycles. The Morgan fingerprint density at radius 2 is 1.83 bits per heavy atom. The molecule has 4 aromatic rings. The lowest BCUT2D eigenvalue weighted by Gasteiger charge is -2.19. The first-order chi connectivity index (χ1) is 14.6. The minimum atomic E-state index is -0.207. The number of halogens is 1. The Morgan fingerprint density at radius 3 is 2.63 bits per heavy atom. The molecule has 2 atom stereocenters. The Kier molecular flexibility index (Phi) is 3.92. The van der Waals surface area contributed by atoms with Crippen LogP contribution in [0, 0.1) is 17.2 Å². The standard InChI is InChI=1S/C26H26FN3/c1-26(10-11-26)20-6-8-22(14-20)30-16-28-15-25(30)18-4-2-17(3-5-18)24-13-19-12-21(27)7-9-23(19)29-24/h2-5,7,9,12-13,15-16,20,22,29H,6,8,10-11,14H2,1H3. The van der Waals surface area contributed by atoms with Gasteiger partial charge in [-0.3, -0.25) is 0 Å². The highest BCUT2D eigenvalue weighted by molar-refractivity contribution is 5.86. The summed E-state index contributed by atoms with van der Waals surface area (Å²) < 4.78 is 15.9. The van der Waals surface area contributed by atoms with E-state index in [0.717, 1.165) is 28.1 Å². The maximum atomic E-state index is 13.5. The van der Waals surface area contributed by atoms with Crippen LogP contribution in [-0.4, -0.2) is 14.5 Å². The van der Waals surface area contributed by atoms with Crippen LogP contribution in [0.3, 0.4) is 0 Å². The molecule has 2 aliphatic rings. The van der Waals surface area contributed by atoms with Crippen molar-refractivity contribution in [1.82, 2.24) is 14.5 Å². The van der Waals surface area contributed by atoms with Gasteiger partial charge in [-0.15, -0.1) is 0 Å². The number of imidazole rings is 1. The third-order valence-electron chi connectivity index (χ3n) is 7.56. The molecular formula is C26H26FN3. The van der Waals surface area contributed by atoms with E-state index in [2.05, 4.69) is 45.7 Å². The van der Waals surface area contributed by atoms with Gasteiger partial charge in [0.05, 0.1) is 18.2 Å². The van der Waals surface area contributed by atoms with Crippen LogP contribution in [0.5, 0.6) is 0 Å². The Balaban J connectivity index is 1.27. The fraction of sp³-hybridized carbons (Fsp3) is 0.346. The number of benzene rings is 2. The van der Waals surface area contributed by atoms with E-state index in [9.17, 15) is 4.39 Å². The largest absolute Gasteiger partial charge is 0.355 e. The monoisotopic (exact) mass is 399 g/mol. The second kappa shape index (κ2) is 6.56. The van der Waals surface area contributed by atoms with E-state index in [-0.39, 0.29) is 5.82 Å². The lowest BCUT2D eigenvalue weighted by molar-refractivity contribution is 0.331. The van der Waals surface area contributed by atoms with Gasteiger partial charge in [-0.25, -0.2) is 9.37 Å². The van der Waals surface area contributed by atoms with Gasteiger partial charge in [0.1, 0.15) is 5.82 Å². The molecule has 0 amide bonds. The highest BCUT2D eigenvalue weighted by Crippen LogP contribution is 2.58. The predicted molar refractivity (Wildman–Crippen MR) is 119 cm³/mol. The van der Waals surface area contributed by atoms with Crippen molar-refractivity contribution in [2.24, 2.45) is 11.3 Å². The highest BCUT2D eigenvalue weighted by atomic mass is 19.1. The van der Waals surface area contributed by atoms with Gasteiger partial charge in [0.15, 0.2) is 0 Å². The van der Waals surface area contributed by atoms with E-state index < -0.39 is 0 Å². The third kappa shape index (κ3) is 2.97. The topological polar surface area (TPSA) is 33.6 Å². The maximum Gasteiger partial charge on any atom is 0.123 e. The smallest absolute Gasteiger partial charge is 0.123 e. The van der Waals surface area contributed by atoms with Crippen molar-refractivity contribution in [3.63, 3.8) is 0 Å². The fourth-order valence-corrected chi connectivity index (χ4v) is 5.35. The molecule has 2 heterocycles. The molecule has 0 radical (unpaired) electrons.